The molecule has 1 aromatic carbocycles. The number of hydrogen-bond donors (Lipinski definition) is 1. The zero-order chi connectivity index (χ0) is 13.7. The molecule has 0 radical (unpaired) electrons. The molecule has 0 spiro atoms. The highest BCUT2D eigenvalue weighted by atomic mass is 16.5. The monoisotopic (exact) mass is 259 g/mol. The zero-order valence-electron chi connectivity index (χ0n) is 10.4. The van der Waals surface area contributed by atoms with Crippen molar-refractivity contribution in [3.05, 3.63) is 42.5 Å². The van der Waals surface area contributed by atoms with Crippen LogP contribution < -0.4 is 10.1 Å². The van der Waals surface area contributed by atoms with Crippen molar-refractivity contribution in [1.82, 2.24) is 9.55 Å². The van der Waals surface area contributed by atoms with Crippen LogP contribution in [-0.2, 0) is 11.3 Å². The molecule has 0 bridgehead atoms. The van der Waals surface area contributed by atoms with Crippen molar-refractivity contribution in [2.45, 2.75) is 6.54 Å². The maximum atomic E-state index is 11.8. The molecule has 0 aliphatic heterocycles. The third-order valence-electron chi connectivity index (χ3n) is 2.52. The largest absolute Gasteiger partial charge is 0.497 e. The molecule has 1 N–H and O–H groups in total. The van der Waals surface area contributed by atoms with Crippen LogP contribution in [0.25, 0.3) is 0 Å². The maximum absolute atomic E-state index is 11.8. The summed E-state index contributed by atoms with van der Waals surface area (Å²) < 4.78 is 6.54. The summed E-state index contributed by atoms with van der Waals surface area (Å²) in [5.41, 5.74) is 0.636. The van der Waals surface area contributed by atoms with Crippen LogP contribution in [0.15, 0.2) is 36.7 Å². The smallest absolute Gasteiger partial charge is 0.244 e. The first-order valence-electron chi connectivity index (χ1n) is 5.63. The number of ether oxygens (including phenoxy) is 1. The molecular formula is C13H13N3O3. The van der Waals surface area contributed by atoms with Gasteiger partial charge in [-0.25, -0.2) is 4.98 Å². The van der Waals surface area contributed by atoms with Gasteiger partial charge >= 0.3 is 0 Å². The summed E-state index contributed by atoms with van der Waals surface area (Å²) in [5.74, 6) is 0.643. The molecule has 0 aliphatic rings. The molecule has 98 valence electrons. The minimum atomic E-state index is -0.241. The highest BCUT2D eigenvalue weighted by molar-refractivity contribution is 5.91. The molecule has 19 heavy (non-hydrogen) atoms. The zero-order valence-corrected chi connectivity index (χ0v) is 10.4. The van der Waals surface area contributed by atoms with Gasteiger partial charge in [0.25, 0.3) is 0 Å². The van der Waals surface area contributed by atoms with Crippen molar-refractivity contribution in [2.24, 2.45) is 0 Å². The molecule has 0 saturated carbocycles. The number of benzene rings is 1. The molecular weight excluding hydrogens is 246 g/mol. The summed E-state index contributed by atoms with van der Waals surface area (Å²) in [6, 6.07) is 7.04. The van der Waals surface area contributed by atoms with Crippen molar-refractivity contribution in [2.75, 3.05) is 12.4 Å². The summed E-state index contributed by atoms with van der Waals surface area (Å²) in [7, 11) is 1.56. The lowest BCUT2D eigenvalue weighted by Crippen LogP contribution is -2.19. The Morgan fingerprint density at radius 2 is 2.37 bits per heavy atom. The number of nitrogens with zero attached hydrogens (tertiary/aromatic N) is 2. The number of nitrogens with one attached hydrogen (secondary N) is 1. The van der Waals surface area contributed by atoms with E-state index in [0.29, 0.717) is 17.7 Å². The fourth-order valence-electron chi connectivity index (χ4n) is 1.63. The van der Waals surface area contributed by atoms with E-state index in [1.54, 1.807) is 37.6 Å². The van der Waals surface area contributed by atoms with Crippen molar-refractivity contribution in [3.63, 3.8) is 0 Å². The number of aldehydes is 1. The second-order valence-electron chi connectivity index (χ2n) is 3.81. The van der Waals surface area contributed by atoms with E-state index in [1.165, 1.54) is 10.8 Å². The molecule has 0 fully saturated rings. The van der Waals surface area contributed by atoms with Crippen molar-refractivity contribution >= 4 is 17.9 Å². The Labute approximate surface area is 110 Å². The SMILES string of the molecule is COc1cccc(NC(=O)Cn2ccnc2C=O)c1. The van der Waals surface area contributed by atoms with Crippen LogP contribution in [0.3, 0.4) is 0 Å². The van der Waals surface area contributed by atoms with E-state index in [2.05, 4.69) is 10.3 Å². The molecule has 2 aromatic rings. The number of anilines is 1. The average molecular weight is 259 g/mol. The summed E-state index contributed by atoms with van der Waals surface area (Å²) >= 11 is 0. The summed E-state index contributed by atoms with van der Waals surface area (Å²) in [4.78, 5) is 26.3. The van der Waals surface area contributed by atoms with Gasteiger partial charge in [0.2, 0.25) is 5.91 Å². The summed E-state index contributed by atoms with van der Waals surface area (Å²) in [6.45, 7) is 0.0330. The van der Waals surface area contributed by atoms with Crippen LogP contribution in [0.5, 0.6) is 5.75 Å². The summed E-state index contributed by atoms with van der Waals surface area (Å²) in [6.07, 6.45) is 3.66. The number of amides is 1. The van der Waals surface area contributed by atoms with Crippen molar-refractivity contribution < 1.29 is 14.3 Å². The van der Waals surface area contributed by atoms with Gasteiger partial charge in [-0.1, -0.05) is 6.07 Å². The Hall–Kier alpha value is -2.63. The fraction of sp³-hybridized carbons (Fsp3) is 0.154. The van der Waals surface area contributed by atoms with E-state index in [-0.39, 0.29) is 18.3 Å². The minimum Gasteiger partial charge on any atom is -0.497 e. The van der Waals surface area contributed by atoms with E-state index in [0.717, 1.165) is 0 Å². The lowest BCUT2D eigenvalue weighted by atomic mass is 10.3. The van der Waals surface area contributed by atoms with E-state index >= 15 is 0 Å². The normalized spacial score (nSPS) is 9.95. The van der Waals surface area contributed by atoms with Gasteiger partial charge in [-0.2, -0.15) is 0 Å². The van der Waals surface area contributed by atoms with Gasteiger partial charge in [-0.3, -0.25) is 9.59 Å². The van der Waals surface area contributed by atoms with Crippen LogP contribution in [0, 0.1) is 0 Å². The molecule has 2 rings (SSSR count). The van der Waals surface area contributed by atoms with Crippen LogP contribution in [-0.4, -0.2) is 28.9 Å². The van der Waals surface area contributed by atoms with Gasteiger partial charge in [0.05, 0.1) is 7.11 Å². The molecule has 0 unspecified atom stereocenters. The van der Waals surface area contributed by atoms with Crippen LogP contribution >= 0.6 is 0 Å². The Bertz CT molecular complexity index is 592. The van der Waals surface area contributed by atoms with Gasteiger partial charge in [0.15, 0.2) is 12.1 Å². The summed E-state index contributed by atoms with van der Waals surface area (Å²) in [5, 5.41) is 2.72. The van der Waals surface area contributed by atoms with Gasteiger partial charge < -0.3 is 14.6 Å². The maximum Gasteiger partial charge on any atom is 0.244 e. The van der Waals surface area contributed by atoms with Crippen molar-refractivity contribution in [1.29, 1.82) is 0 Å². The first-order chi connectivity index (χ1) is 9.22. The second-order valence-corrected chi connectivity index (χ2v) is 3.81. The quantitative estimate of drug-likeness (QED) is 0.822. The highest BCUT2D eigenvalue weighted by Gasteiger charge is 2.07. The van der Waals surface area contributed by atoms with Crippen LogP contribution in [0.2, 0.25) is 0 Å². The van der Waals surface area contributed by atoms with Crippen LogP contribution in [0.4, 0.5) is 5.69 Å². The lowest BCUT2D eigenvalue weighted by molar-refractivity contribution is -0.116. The minimum absolute atomic E-state index is 0.0330. The Kier molecular flexibility index (Phi) is 3.92. The molecule has 1 aromatic heterocycles. The molecule has 1 amide bonds. The van der Waals surface area contributed by atoms with E-state index < -0.39 is 0 Å². The van der Waals surface area contributed by atoms with Crippen LogP contribution in [0.1, 0.15) is 10.6 Å². The number of carbonyl (C=O) groups excluding carboxylic acids is 2. The number of imidazole rings is 1. The average Bonchev–Trinajstić information content (AvgIpc) is 2.86. The number of aromatic nitrogens is 2. The molecule has 0 aliphatic carbocycles. The number of hydrogen-bond acceptors (Lipinski definition) is 4. The Balaban J connectivity index is 2.03. The lowest BCUT2D eigenvalue weighted by Gasteiger charge is -2.08. The third-order valence-corrected chi connectivity index (χ3v) is 2.52. The number of rotatable bonds is 5. The topological polar surface area (TPSA) is 73.2 Å². The Morgan fingerprint density at radius 1 is 1.53 bits per heavy atom. The van der Waals surface area contributed by atoms with E-state index in [1.807, 2.05) is 0 Å². The standard InChI is InChI=1S/C13H13N3O3/c1-19-11-4-2-3-10(7-11)15-13(18)8-16-6-5-14-12(16)9-17/h2-7,9H,8H2,1H3,(H,15,18). The van der Waals surface area contributed by atoms with Crippen molar-refractivity contribution in [3.8, 4) is 5.75 Å². The molecule has 1 heterocycles. The first-order valence-corrected chi connectivity index (χ1v) is 5.63. The van der Waals surface area contributed by atoms with E-state index in [4.69, 9.17) is 4.74 Å². The predicted molar refractivity (Wildman–Crippen MR) is 69.2 cm³/mol. The van der Waals surface area contributed by atoms with Gasteiger partial charge in [-0.05, 0) is 12.1 Å². The second kappa shape index (κ2) is 5.81. The molecule has 6 nitrogen and oxygen atoms in total. The molecule has 0 saturated heterocycles. The first kappa shape index (κ1) is 12.8. The van der Waals surface area contributed by atoms with E-state index in [9.17, 15) is 9.59 Å². The number of carbonyl (C=O) groups is 2. The van der Waals surface area contributed by atoms with Gasteiger partial charge in [0.1, 0.15) is 12.3 Å². The Morgan fingerprint density at radius 3 is 3.11 bits per heavy atom. The molecule has 0 atom stereocenters. The highest BCUT2D eigenvalue weighted by Crippen LogP contribution is 2.16. The fourth-order valence-corrected chi connectivity index (χ4v) is 1.63. The third kappa shape index (κ3) is 3.19. The van der Waals surface area contributed by atoms with Gasteiger partial charge in [-0.15, -0.1) is 0 Å². The number of methoxy groups -OCH3 is 1. The molecule has 6 heteroatoms. The predicted octanol–water partition coefficient (Wildman–Crippen LogP) is 1.34. The van der Waals surface area contributed by atoms with Gasteiger partial charge in [0, 0.05) is 24.1 Å².